The van der Waals surface area contributed by atoms with Gasteiger partial charge in [0.25, 0.3) is 0 Å². The number of rotatable bonds is 5. The van der Waals surface area contributed by atoms with Gasteiger partial charge in [0.2, 0.25) is 6.29 Å². The number of nitrogens with zero attached hydrogens (tertiary/aromatic N) is 1. The van der Waals surface area contributed by atoms with E-state index < -0.39 is 6.29 Å². The Morgan fingerprint density at radius 3 is 2.48 bits per heavy atom. The smallest absolute Gasteiger partial charge is 0.412 e. The number of likely N-dealkylation sites (tertiary alicyclic amines) is 1. The molecule has 3 unspecified atom stereocenters. The fourth-order valence-corrected chi connectivity index (χ4v) is 3.48. The van der Waals surface area contributed by atoms with Crippen LogP contribution in [0.3, 0.4) is 0 Å². The maximum Gasteiger partial charge on any atom is 0.412 e. The summed E-state index contributed by atoms with van der Waals surface area (Å²) < 4.78 is 11.6. The summed E-state index contributed by atoms with van der Waals surface area (Å²) in [5.41, 5.74) is 1.13. The van der Waals surface area contributed by atoms with Gasteiger partial charge in [-0.25, -0.2) is 4.79 Å². The van der Waals surface area contributed by atoms with Crippen molar-refractivity contribution in [3.8, 4) is 0 Å². The summed E-state index contributed by atoms with van der Waals surface area (Å²) in [6, 6.07) is 10.9. The highest BCUT2D eigenvalue weighted by Crippen LogP contribution is 2.27. The Balaban J connectivity index is 1.37. The Morgan fingerprint density at radius 2 is 1.83 bits per heavy atom. The number of fused-ring (bicyclic) bond motifs is 2. The number of amides is 1. The summed E-state index contributed by atoms with van der Waals surface area (Å²) in [5.74, 6) is 0. The van der Waals surface area contributed by atoms with E-state index in [1.54, 1.807) is 0 Å². The van der Waals surface area contributed by atoms with Gasteiger partial charge < -0.3 is 19.7 Å². The summed E-state index contributed by atoms with van der Waals surface area (Å²) >= 11 is 0. The highest BCUT2D eigenvalue weighted by atomic mass is 16.7. The number of benzene rings is 1. The first-order valence-corrected chi connectivity index (χ1v) is 8.67. The topological polar surface area (TPSA) is 50.8 Å². The van der Waals surface area contributed by atoms with Gasteiger partial charge in [-0.2, -0.15) is 0 Å². The van der Waals surface area contributed by atoms with Crippen LogP contribution in [-0.4, -0.2) is 48.6 Å². The molecule has 124 valence electrons. The minimum absolute atomic E-state index is 0.231. The van der Waals surface area contributed by atoms with Crippen molar-refractivity contribution in [1.29, 1.82) is 0 Å². The Labute approximate surface area is 136 Å². The SMILES string of the molecule is O=C(OC(Cc1ccccc1)OC1CC1)N1CC2CCC(C1)N2. The van der Waals surface area contributed by atoms with E-state index in [9.17, 15) is 4.79 Å². The predicted molar refractivity (Wildman–Crippen MR) is 86.0 cm³/mol. The van der Waals surface area contributed by atoms with E-state index in [2.05, 4.69) is 5.32 Å². The minimum atomic E-state index is -0.482. The van der Waals surface area contributed by atoms with Crippen LogP contribution in [0.15, 0.2) is 30.3 Å². The molecule has 2 heterocycles. The monoisotopic (exact) mass is 316 g/mol. The molecule has 1 aliphatic carbocycles. The second-order valence-corrected chi connectivity index (χ2v) is 6.88. The van der Waals surface area contributed by atoms with E-state index in [-0.39, 0.29) is 12.2 Å². The third-order valence-electron chi connectivity index (χ3n) is 4.82. The zero-order valence-corrected chi connectivity index (χ0v) is 13.3. The molecule has 4 rings (SSSR count). The zero-order chi connectivity index (χ0) is 15.6. The highest BCUT2D eigenvalue weighted by Gasteiger charge is 2.36. The van der Waals surface area contributed by atoms with Crippen molar-refractivity contribution in [2.24, 2.45) is 0 Å². The first-order valence-electron chi connectivity index (χ1n) is 8.67. The normalized spacial score (nSPS) is 27.7. The molecule has 0 radical (unpaired) electrons. The molecular formula is C18H24N2O3. The molecule has 1 saturated carbocycles. The Kier molecular flexibility index (Phi) is 4.23. The standard InChI is InChI=1S/C18H24N2O3/c21-18(20-11-14-6-7-15(12-20)19-14)23-17(22-16-8-9-16)10-13-4-2-1-3-5-13/h1-5,14-17,19H,6-12H2. The van der Waals surface area contributed by atoms with Gasteiger partial charge in [0.15, 0.2) is 0 Å². The maximum absolute atomic E-state index is 12.5. The predicted octanol–water partition coefficient (Wildman–Crippen LogP) is 2.31. The Morgan fingerprint density at radius 1 is 1.13 bits per heavy atom. The molecule has 2 saturated heterocycles. The summed E-state index contributed by atoms with van der Waals surface area (Å²) in [6.07, 6.45) is 4.61. The molecule has 23 heavy (non-hydrogen) atoms. The number of hydrogen-bond acceptors (Lipinski definition) is 4. The van der Waals surface area contributed by atoms with Gasteiger partial charge in [0.05, 0.1) is 6.10 Å². The van der Waals surface area contributed by atoms with Crippen LogP contribution < -0.4 is 5.32 Å². The summed E-state index contributed by atoms with van der Waals surface area (Å²) in [4.78, 5) is 14.4. The summed E-state index contributed by atoms with van der Waals surface area (Å²) in [5, 5.41) is 3.53. The van der Waals surface area contributed by atoms with Gasteiger partial charge in [0, 0.05) is 31.6 Å². The van der Waals surface area contributed by atoms with Crippen LogP contribution in [0.25, 0.3) is 0 Å². The van der Waals surface area contributed by atoms with Crippen LogP contribution in [0.5, 0.6) is 0 Å². The largest absolute Gasteiger partial charge is 0.419 e. The lowest BCUT2D eigenvalue weighted by molar-refractivity contribution is -0.119. The molecule has 0 aromatic heterocycles. The van der Waals surface area contributed by atoms with Crippen molar-refractivity contribution >= 4 is 6.09 Å². The lowest BCUT2D eigenvalue weighted by Gasteiger charge is -2.33. The molecule has 5 heteroatoms. The molecule has 3 fully saturated rings. The number of hydrogen-bond donors (Lipinski definition) is 1. The number of piperazine rings is 1. The summed E-state index contributed by atoms with van der Waals surface area (Å²) in [7, 11) is 0. The quantitative estimate of drug-likeness (QED) is 0.847. The molecule has 3 atom stereocenters. The van der Waals surface area contributed by atoms with Crippen molar-refractivity contribution in [3.63, 3.8) is 0 Å². The van der Waals surface area contributed by atoms with E-state index in [1.165, 1.54) is 0 Å². The molecular weight excluding hydrogens is 292 g/mol. The van der Waals surface area contributed by atoms with Gasteiger partial charge >= 0.3 is 6.09 Å². The molecule has 2 aliphatic heterocycles. The molecule has 2 bridgehead atoms. The third kappa shape index (κ3) is 3.85. The van der Waals surface area contributed by atoms with Gasteiger partial charge in [0.1, 0.15) is 0 Å². The lowest BCUT2D eigenvalue weighted by Crippen LogP contribution is -2.53. The van der Waals surface area contributed by atoms with Crippen LogP contribution in [0.2, 0.25) is 0 Å². The Hall–Kier alpha value is -1.59. The lowest BCUT2D eigenvalue weighted by atomic mass is 10.1. The van der Waals surface area contributed by atoms with Crippen LogP contribution in [-0.2, 0) is 15.9 Å². The number of carbonyl (C=O) groups excluding carboxylic acids is 1. The van der Waals surface area contributed by atoms with Crippen LogP contribution >= 0.6 is 0 Å². The van der Waals surface area contributed by atoms with E-state index in [4.69, 9.17) is 9.47 Å². The Bertz CT molecular complexity index is 534. The highest BCUT2D eigenvalue weighted by molar-refractivity contribution is 5.68. The first kappa shape index (κ1) is 15.0. The van der Waals surface area contributed by atoms with Crippen molar-refractivity contribution in [1.82, 2.24) is 10.2 Å². The van der Waals surface area contributed by atoms with Crippen molar-refractivity contribution in [2.45, 2.75) is 56.6 Å². The molecule has 0 spiro atoms. The molecule has 1 aromatic carbocycles. The number of ether oxygens (including phenoxy) is 2. The van der Waals surface area contributed by atoms with Crippen LogP contribution in [0, 0.1) is 0 Å². The minimum Gasteiger partial charge on any atom is -0.419 e. The van der Waals surface area contributed by atoms with E-state index in [0.717, 1.165) is 44.3 Å². The fourth-order valence-electron chi connectivity index (χ4n) is 3.48. The first-order chi connectivity index (χ1) is 11.3. The molecule has 3 aliphatic rings. The van der Waals surface area contributed by atoms with Crippen LogP contribution in [0.1, 0.15) is 31.2 Å². The number of carbonyl (C=O) groups is 1. The molecule has 1 N–H and O–H groups in total. The van der Waals surface area contributed by atoms with Crippen molar-refractivity contribution in [2.75, 3.05) is 13.1 Å². The van der Waals surface area contributed by atoms with Crippen molar-refractivity contribution in [3.05, 3.63) is 35.9 Å². The van der Waals surface area contributed by atoms with Crippen LogP contribution in [0.4, 0.5) is 4.79 Å². The maximum atomic E-state index is 12.5. The second kappa shape index (κ2) is 6.49. The van der Waals surface area contributed by atoms with Gasteiger partial charge in [-0.1, -0.05) is 30.3 Å². The van der Waals surface area contributed by atoms with E-state index >= 15 is 0 Å². The van der Waals surface area contributed by atoms with Gasteiger partial charge in [-0.3, -0.25) is 0 Å². The number of nitrogens with one attached hydrogen (secondary N) is 1. The second-order valence-electron chi connectivity index (χ2n) is 6.88. The van der Waals surface area contributed by atoms with E-state index in [0.29, 0.717) is 18.5 Å². The average Bonchev–Trinajstić information content (AvgIpc) is 3.31. The molecule has 1 aromatic rings. The zero-order valence-electron chi connectivity index (χ0n) is 13.3. The average molecular weight is 316 g/mol. The summed E-state index contributed by atoms with van der Waals surface area (Å²) in [6.45, 7) is 1.49. The van der Waals surface area contributed by atoms with Crippen molar-refractivity contribution < 1.29 is 14.3 Å². The van der Waals surface area contributed by atoms with E-state index in [1.807, 2.05) is 35.2 Å². The van der Waals surface area contributed by atoms with Gasteiger partial charge in [-0.05, 0) is 31.2 Å². The molecule has 5 nitrogen and oxygen atoms in total. The molecule has 1 amide bonds. The van der Waals surface area contributed by atoms with Gasteiger partial charge in [-0.15, -0.1) is 0 Å². The fraction of sp³-hybridized carbons (Fsp3) is 0.611. The third-order valence-corrected chi connectivity index (χ3v) is 4.82.